The molecule has 0 atom stereocenters. The molecule has 2 heteroatoms. The molecule has 0 aliphatic rings. The molecule has 1 nitrogen and oxygen atoms in total. The van der Waals surface area contributed by atoms with E-state index in [1.807, 2.05) is 0 Å². The lowest BCUT2D eigenvalue weighted by molar-refractivity contribution is 0.619. The third-order valence-corrected chi connectivity index (χ3v) is 0.855. The minimum absolute atomic E-state index is 0.293. The average Bonchev–Trinajstić information content (AvgIpc) is 2.03. The first-order chi connectivity index (χ1) is 6.25. The van der Waals surface area contributed by atoms with Crippen molar-refractivity contribution in [3.63, 3.8) is 0 Å². The highest BCUT2D eigenvalue weighted by atomic mass is 19.1. The summed E-state index contributed by atoms with van der Waals surface area (Å²) in [5, 5.41) is 0. The van der Waals surface area contributed by atoms with Gasteiger partial charge in [-0.15, -0.1) is 0 Å². The maximum Gasteiger partial charge on any atom is 0.141 e. The van der Waals surface area contributed by atoms with Crippen LogP contribution in [0, 0.1) is 5.82 Å². The molecule has 0 amide bonds. The molecule has 0 spiro atoms. The van der Waals surface area contributed by atoms with Gasteiger partial charge in [0.1, 0.15) is 5.82 Å². The topological polar surface area (TPSA) is 12.9 Å². The van der Waals surface area contributed by atoms with Crippen LogP contribution in [0.4, 0.5) is 4.39 Å². The van der Waals surface area contributed by atoms with Gasteiger partial charge in [0.25, 0.3) is 0 Å². The molecule has 1 aromatic rings. The molecule has 0 aromatic carbocycles. The molecule has 0 saturated heterocycles. The first-order valence-corrected chi connectivity index (χ1v) is 2.37. The second-order valence-electron chi connectivity index (χ2n) is 1.49. The summed E-state index contributed by atoms with van der Waals surface area (Å²) in [4.78, 5) is 3.41. The monoisotopic (exact) mass is 130 g/mol. The van der Waals surface area contributed by atoms with Crippen molar-refractivity contribution in [1.29, 1.82) is 0 Å². The van der Waals surface area contributed by atoms with E-state index in [2.05, 4.69) is 4.98 Å². The van der Waals surface area contributed by atoms with Crippen LogP contribution in [0.1, 0.15) is 19.4 Å². The van der Waals surface area contributed by atoms with E-state index in [0.717, 1.165) is 18.3 Å². The average molecular weight is 130 g/mol. The van der Waals surface area contributed by atoms with Crippen molar-refractivity contribution >= 4 is 0 Å². The fourth-order valence-electron chi connectivity index (χ4n) is 0.450. The Morgan fingerprint density at radius 2 is 2.78 bits per heavy atom. The Morgan fingerprint density at radius 3 is 3.33 bits per heavy atom. The Hall–Kier alpha value is -0.920. The molecule has 1 rings (SSSR count). The molecule has 1 aromatic heterocycles. The summed E-state index contributed by atoms with van der Waals surface area (Å²) in [6, 6.07) is 2.01. The zero-order chi connectivity index (χ0) is 11.0. The van der Waals surface area contributed by atoms with E-state index in [0.29, 0.717) is 0 Å². The van der Waals surface area contributed by atoms with Crippen LogP contribution in [0.2, 0.25) is 0 Å². The van der Waals surface area contributed by atoms with E-state index in [4.69, 9.17) is 6.85 Å². The molecule has 0 N–H and O–H groups in total. The van der Waals surface area contributed by atoms with Crippen LogP contribution >= 0.6 is 0 Å². The Kier molecular flexibility index (Phi) is 0.678. The van der Waals surface area contributed by atoms with Crippen molar-refractivity contribution in [1.82, 2.24) is 4.98 Å². The summed E-state index contributed by atoms with van der Waals surface area (Å²) in [7, 11) is 0. The lowest BCUT2D eigenvalue weighted by Gasteiger charge is -1.91. The molecular weight excluding hydrogens is 117 g/mol. The number of aromatic nitrogens is 1. The standard InChI is InChI=1S/C7H8FN/c1-2-7-4-3-6(8)5-9-7/h3-5H,2H2,1H3/i1D3,2D2. The largest absolute Gasteiger partial charge is 0.258 e. The first-order valence-electron chi connectivity index (χ1n) is 4.87. The summed E-state index contributed by atoms with van der Waals surface area (Å²) >= 11 is 0. The van der Waals surface area contributed by atoms with Crippen molar-refractivity contribution in [2.75, 3.05) is 0 Å². The van der Waals surface area contributed by atoms with Gasteiger partial charge in [0.2, 0.25) is 0 Å². The number of hydrogen-bond acceptors (Lipinski definition) is 1. The molecule has 0 bridgehead atoms. The van der Waals surface area contributed by atoms with E-state index in [1.54, 1.807) is 0 Å². The van der Waals surface area contributed by atoms with Gasteiger partial charge in [-0.2, -0.15) is 0 Å². The van der Waals surface area contributed by atoms with Crippen molar-refractivity contribution in [3.8, 4) is 0 Å². The van der Waals surface area contributed by atoms with Crippen LogP contribution in [0.3, 0.4) is 0 Å². The van der Waals surface area contributed by atoms with Crippen LogP contribution in [-0.2, 0) is 6.37 Å². The van der Waals surface area contributed by atoms with Gasteiger partial charge in [-0.1, -0.05) is 6.85 Å². The molecule has 0 saturated carbocycles. The van der Waals surface area contributed by atoms with E-state index in [-0.39, 0.29) is 5.69 Å². The number of aryl methyl sites for hydroxylation is 1. The zero-order valence-corrected chi connectivity index (χ0v) is 4.56. The van der Waals surface area contributed by atoms with E-state index >= 15 is 0 Å². The Balaban J connectivity index is 3.10. The maximum atomic E-state index is 12.4. The van der Waals surface area contributed by atoms with Gasteiger partial charge in [0, 0.05) is 12.5 Å². The van der Waals surface area contributed by atoms with E-state index in [9.17, 15) is 4.39 Å². The van der Waals surface area contributed by atoms with Gasteiger partial charge in [-0.25, -0.2) is 4.39 Å². The van der Waals surface area contributed by atoms with Gasteiger partial charge in [-0.05, 0) is 18.5 Å². The van der Waals surface area contributed by atoms with Crippen LogP contribution in [0.25, 0.3) is 0 Å². The number of rotatable bonds is 1. The highest BCUT2D eigenvalue weighted by Gasteiger charge is 1.89. The highest BCUT2D eigenvalue weighted by molar-refractivity contribution is 5.04. The minimum Gasteiger partial charge on any atom is -0.258 e. The molecule has 0 unspecified atom stereocenters. The summed E-state index contributed by atoms with van der Waals surface area (Å²) in [6.45, 7) is -2.81. The van der Waals surface area contributed by atoms with Crippen molar-refractivity contribution in [2.45, 2.75) is 13.2 Å². The maximum absolute atomic E-state index is 12.4. The Labute approximate surface area is 60.6 Å². The molecule has 9 heavy (non-hydrogen) atoms. The van der Waals surface area contributed by atoms with Crippen molar-refractivity contribution in [2.24, 2.45) is 0 Å². The third-order valence-electron chi connectivity index (χ3n) is 0.855. The predicted molar refractivity (Wildman–Crippen MR) is 33.6 cm³/mol. The SMILES string of the molecule is [2H]C([2H])([2H])C([2H])([2H])c1ccc(F)cn1. The van der Waals surface area contributed by atoms with E-state index in [1.165, 1.54) is 0 Å². The van der Waals surface area contributed by atoms with Crippen LogP contribution in [0.15, 0.2) is 18.3 Å². The second kappa shape index (κ2) is 2.58. The van der Waals surface area contributed by atoms with Crippen LogP contribution in [0.5, 0.6) is 0 Å². The second-order valence-corrected chi connectivity index (χ2v) is 1.49. The molecule has 1 heterocycles. The van der Waals surface area contributed by atoms with E-state index < -0.39 is 19.0 Å². The smallest absolute Gasteiger partial charge is 0.141 e. The summed E-state index contributed by atoms with van der Waals surface area (Å²) in [5.41, 5.74) is -0.293. The van der Waals surface area contributed by atoms with Crippen molar-refractivity contribution < 1.29 is 11.2 Å². The van der Waals surface area contributed by atoms with Crippen LogP contribution in [-0.4, -0.2) is 4.98 Å². The molecule has 48 valence electrons. The Bertz CT molecular complexity index is 318. The normalized spacial score (nSPS) is 20.8. The molecule has 0 aliphatic heterocycles. The molecular formula is C7H8FN. The fraction of sp³-hybridized carbons (Fsp3) is 0.286. The first kappa shape index (κ1) is 2.37. The van der Waals surface area contributed by atoms with Gasteiger partial charge in [-0.3, -0.25) is 4.98 Å². The molecule has 0 fully saturated rings. The summed E-state index contributed by atoms with van der Waals surface area (Å²) in [6.07, 6.45) is -1.76. The lowest BCUT2D eigenvalue weighted by Crippen LogP contribution is -1.85. The number of hydrogen-bond donors (Lipinski definition) is 0. The van der Waals surface area contributed by atoms with Gasteiger partial charge < -0.3 is 0 Å². The third kappa shape index (κ3) is 1.49. The lowest BCUT2D eigenvalue weighted by atomic mass is 10.3. The zero-order valence-electron chi connectivity index (χ0n) is 9.56. The van der Waals surface area contributed by atoms with Crippen molar-refractivity contribution in [3.05, 3.63) is 29.8 Å². The van der Waals surface area contributed by atoms with Crippen LogP contribution < -0.4 is 0 Å². The van der Waals surface area contributed by atoms with Gasteiger partial charge in [0.05, 0.1) is 6.20 Å². The molecule has 0 radical (unpaired) electrons. The minimum atomic E-state index is -2.81. The highest BCUT2D eigenvalue weighted by Crippen LogP contribution is 1.97. The quantitative estimate of drug-likeness (QED) is 0.564. The Morgan fingerprint density at radius 1 is 1.89 bits per heavy atom. The molecule has 0 aliphatic carbocycles. The predicted octanol–water partition coefficient (Wildman–Crippen LogP) is 1.78. The van der Waals surface area contributed by atoms with Gasteiger partial charge in [0.15, 0.2) is 0 Å². The number of pyridine rings is 1. The number of nitrogens with zero attached hydrogens (tertiary/aromatic N) is 1. The summed E-state index contributed by atoms with van der Waals surface area (Å²) < 4.78 is 47.9. The summed E-state index contributed by atoms with van der Waals surface area (Å²) in [5.74, 6) is -0.630. The fourth-order valence-corrected chi connectivity index (χ4v) is 0.450. The van der Waals surface area contributed by atoms with Gasteiger partial charge >= 0.3 is 0 Å². The number of halogens is 1.